The van der Waals surface area contributed by atoms with Gasteiger partial charge in [-0.15, -0.1) is 0 Å². The lowest BCUT2D eigenvalue weighted by Crippen LogP contribution is -2.29. The first kappa shape index (κ1) is 47.4. The smallest absolute Gasteiger partial charge is 0.462 e. The summed E-state index contributed by atoms with van der Waals surface area (Å²) in [5, 5.41) is 0. The molecule has 0 bridgehead atoms. The highest BCUT2D eigenvalue weighted by molar-refractivity contribution is 7.47. The van der Waals surface area contributed by atoms with Crippen molar-refractivity contribution in [3.63, 3.8) is 0 Å². The van der Waals surface area contributed by atoms with E-state index in [1.54, 1.807) is 0 Å². The molecular weight excluding hydrogens is 653 g/mol. The number of allylic oxidation sites excluding steroid dienone is 12. The first-order valence-electron chi connectivity index (χ1n) is 18.9. The van der Waals surface area contributed by atoms with Crippen molar-refractivity contribution >= 4 is 19.8 Å². The first-order valence-corrected chi connectivity index (χ1v) is 20.4. The van der Waals surface area contributed by atoms with E-state index >= 15 is 0 Å². The van der Waals surface area contributed by atoms with Crippen molar-refractivity contribution in [3.8, 4) is 0 Å². The molecule has 0 aromatic rings. The lowest BCUT2D eigenvalue weighted by atomic mass is 10.1. The summed E-state index contributed by atoms with van der Waals surface area (Å²) in [6.07, 6.45) is 42.4. The van der Waals surface area contributed by atoms with Crippen LogP contribution in [0.4, 0.5) is 0 Å². The maximum absolute atomic E-state index is 12.5. The fourth-order valence-corrected chi connectivity index (χ4v) is 5.32. The maximum Gasteiger partial charge on any atom is 0.472 e. The van der Waals surface area contributed by atoms with Crippen molar-refractivity contribution < 1.29 is 37.6 Å². The molecule has 0 heterocycles. The van der Waals surface area contributed by atoms with Crippen LogP contribution in [-0.2, 0) is 32.7 Å². The predicted molar refractivity (Wildman–Crippen MR) is 206 cm³/mol. The molecule has 2 unspecified atom stereocenters. The minimum absolute atomic E-state index is 0.0372. The molecule has 10 heteroatoms. The van der Waals surface area contributed by atoms with Gasteiger partial charge in [0, 0.05) is 19.4 Å². The molecule has 0 fully saturated rings. The number of rotatable bonds is 34. The Labute approximate surface area is 303 Å². The Balaban J connectivity index is 4.36. The van der Waals surface area contributed by atoms with Gasteiger partial charge in [-0.05, 0) is 70.6 Å². The zero-order valence-corrected chi connectivity index (χ0v) is 32.0. The molecule has 0 radical (unpaired) electrons. The van der Waals surface area contributed by atoms with Gasteiger partial charge in [0.15, 0.2) is 6.10 Å². The Bertz CT molecular complexity index is 1050. The van der Waals surface area contributed by atoms with Crippen LogP contribution in [0.1, 0.15) is 136 Å². The van der Waals surface area contributed by atoms with E-state index in [-0.39, 0.29) is 32.6 Å². The van der Waals surface area contributed by atoms with Crippen molar-refractivity contribution in [2.45, 2.75) is 142 Å². The van der Waals surface area contributed by atoms with Crippen LogP contribution >= 0.6 is 7.82 Å². The Morgan fingerprint density at radius 3 is 1.72 bits per heavy atom. The number of hydrogen-bond acceptors (Lipinski definition) is 8. The largest absolute Gasteiger partial charge is 0.472 e. The van der Waals surface area contributed by atoms with Crippen LogP contribution in [0.2, 0.25) is 0 Å². The van der Waals surface area contributed by atoms with E-state index in [1.165, 1.54) is 32.1 Å². The number of carbonyl (C=O) groups is 2. The van der Waals surface area contributed by atoms with Gasteiger partial charge in [0.05, 0.1) is 13.2 Å². The van der Waals surface area contributed by atoms with E-state index in [0.29, 0.717) is 12.8 Å². The molecule has 0 aromatic carbocycles. The lowest BCUT2D eigenvalue weighted by Gasteiger charge is -2.19. The van der Waals surface area contributed by atoms with Crippen LogP contribution in [-0.4, -0.2) is 49.3 Å². The number of phosphoric ester groups is 1. The number of phosphoric acid groups is 1. The van der Waals surface area contributed by atoms with Crippen LogP contribution in [0.5, 0.6) is 0 Å². The van der Waals surface area contributed by atoms with Crippen LogP contribution in [0, 0.1) is 0 Å². The SMILES string of the molecule is CC/C=C\C/C=C\C/C=C\C/C=C\CCC(=O)OC(COC(=O)CCCCCCC/C=C\C/C=C\CCCCCC)COP(=O)(O)OCCN. The monoisotopic (exact) mass is 721 g/mol. The van der Waals surface area contributed by atoms with Crippen molar-refractivity contribution in [2.24, 2.45) is 5.73 Å². The topological polar surface area (TPSA) is 134 Å². The zero-order chi connectivity index (χ0) is 36.8. The number of carbonyl (C=O) groups excluding carboxylic acids is 2. The lowest BCUT2D eigenvalue weighted by molar-refractivity contribution is -0.161. The Hall–Kier alpha value is -2.55. The van der Waals surface area contributed by atoms with Crippen molar-refractivity contribution in [1.29, 1.82) is 0 Å². The molecule has 0 aliphatic rings. The van der Waals surface area contributed by atoms with E-state index in [4.69, 9.17) is 24.3 Å². The summed E-state index contributed by atoms with van der Waals surface area (Å²) in [6, 6.07) is 0. The quantitative estimate of drug-likeness (QED) is 0.0288. The zero-order valence-electron chi connectivity index (χ0n) is 31.1. The maximum atomic E-state index is 12.5. The molecule has 0 saturated carbocycles. The molecule has 286 valence electrons. The molecular formula is C40H68NO8P. The highest BCUT2D eigenvalue weighted by Gasteiger charge is 2.25. The highest BCUT2D eigenvalue weighted by Crippen LogP contribution is 2.43. The van der Waals surface area contributed by atoms with E-state index in [1.807, 2.05) is 12.2 Å². The summed E-state index contributed by atoms with van der Waals surface area (Å²) >= 11 is 0. The van der Waals surface area contributed by atoms with Crippen LogP contribution in [0.3, 0.4) is 0 Å². The van der Waals surface area contributed by atoms with Gasteiger partial charge < -0.3 is 20.1 Å². The van der Waals surface area contributed by atoms with E-state index in [0.717, 1.165) is 64.2 Å². The summed E-state index contributed by atoms with van der Waals surface area (Å²) in [5.74, 6) is -0.948. The Morgan fingerprint density at radius 1 is 0.620 bits per heavy atom. The molecule has 0 rings (SSSR count). The van der Waals surface area contributed by atoms with E-state index in [9.17, 15) is 19.0 Å². The van der Waals surface area contributed by atoms with Crippen molar-refractivity contribution in [1.82, 2.24) is 0 Å². The second-order valence-electron chi connectivity index (χ2n) is 12.1. The van der Waals surface area contributed by atoms with Crippen LogP contribution in [0.15, 0.2) is 72.9 Å². The number of nitrogens with two attached hydrogens (primary N) is 1. The standard InChI is InChI=1S/C40H68NO8P/c1-3-5-7-9-11-13-15-17-18-19-21-22-24-26-28-30-32-39(42)46-36-38(37-48-50(44,45)47-35-34-41)49-40(43)33-31-29-27-25-23-20-16-14-12-10-8-6-4-2/h6,8,12-15,18-20,23,27,29,38H,3-5,7,9-11,16-17,21-22,24-26,28,30-37,41H2,1-2H3,(H,44,45)/b8-6-,14-12-,15-13-,19-18-,23-20-,29-27-. The summed E-state index contributed by atoms with van der Waals surface area (Å²) in [5.41, 5.74) is 5.32. The average Bonchev–Trinajstić information content (AvgIpc) is 3.10. The van der Waals surface area contributed by atoms with Gasteiger partial charge >= 0.3 is 19.8 Å². The van der Waals surface area contributed by atoms with Gasteiger partial charge in [0.1, 0.15) is 6.61 Å². The summed E-state index contributed by atoms with van der Waals surface area (Å²) in [4.78, 5) is 34.6. The van der Waals surface area contributed by atoms with Gasteiger partial charge in [-0.1, -0.05) is 125 Å². The van der Waals surface area contributed by atoms with Crippen molar-refractivity contribution in [2.75, 3.05) is 26.4 Å². The second kappa shape index (κ2) is 36.2. The predicted octanol–water partition coefficient (Wildman–Crippen LogP) is 10.3. The molecule has 0 amide bonds. The third kappa shape index (κ3) is 35.3. The fourth-order valence-electron chi connectivity index (χ4n) is 4.56. The molecule has 0 saturated heterocycles. The van der Waals surface area contributed by atoms with Crippen LogP contribution in [0.25, 0.3) is 0 Å². The highest BCUT2D eigenvalue weighted by atomic mass is 31.2. The van der Waals surface area contributed by atoms with Gasteiger partial charge in [-0.2, -0.15) is 0 Å². The number of esters is 2. The molecule has 50 heavy (non-hydrogen) atoms. The molecule has 0 aliphatic heterocycles. The summed E-state index contributed by atoms with van der Waals surface area (Å²) < 4.78 is 32.5. The molecule has 0 aromatic heterocycles. The fraction of sp³-hybridized carbons (Fsp3) is 0.650. The van der Waals surface area contributed by atoms with Gasteiger partial charge in [0.2, 0.25) is 0 Å². The van der Waals surface area contributed by atoms with E-state index < -0.39 is 32.5 Å². The van der Waals surface area contributed by atoms with Gasteiger partial charge in [0.25, 0.3) is 0 Å². The Morgan fingerprint density at radius 2 is 1.14 bits per heavy atom. The molecule has 0 spiro atoms. The third-order valence-electron chi connectivity index (χ3n) is 7.34. The molecule has 9 nitrogen and oxygen atoms in total. The second-order valence-corrected chi connectivity index (χ2v) is 13.5. The average molecular weight is 722 g/mol. The molecule has 2 atom stereocenters. The van der Waals surface area contributed by atoms with Gasteiger partial charge in [-0.3, -0.25) is 18.6 Å². The van der Waals surface area contributed by atoms with Crippen LogP contribution < -0.4 is 5.73 Å². The minimum atomic E-state index is -4.40. The van der Waals surface area contributed by atoms with E-state index in [2.05, 4.69) is 74.6 Å². The summed E-state index contributed by atoms with van der Waals surface area (Å²) in [7, 11) is -4.40. The van der Waals surface area contributed by atoms with Gasteiger partial charge in [-0.25, -0.2) is 4.57 Å². The van der Waals surface area contributed by atoms with Crippen molar-refractivity contribution in [3.05, 3.63) is 72.9 Å². The number of ether oxygens (including phenoxy) is 2. The normalized spacial score (nSPS) is 14.2. The number of unbranched alkanes of at least 4 members (excludes halogenated alkanes) is 9. The third-order valence-corrected chi connectivity index (χ3v) is 8.32. The summed E-state index contributed by atoms with van der Waals surface area (Å²) in [6.45, 7) is 3.46. The molecule has 3 N–H and O–H groups in total. The minimum Gasteiger partial charge on any atom is -0.462 e. The number of hydrogen-bond donors (Lipinski definition) is 2. The Kier molecular flexibility index (Phi) is 34.4. The molecule has 0 aliphatic carbocycles. The first-order chi connectivity index (χ1) is 24.3.